The Hall–Kier alpha value is -1.39. The van der Waals surface area contributed by atoms with Crippen LogP contribution >= 0.6 is 0 Å². The number of carbonyl (C=O) groups is 3. The molecule has 90 valence electrons. The van der Waals surface area contributed by atoms with Gasteiger partial charge in [-0.05, 0) is 6.42 Å². The number of rotatable bonds is 5. The Bertz CT molecular complexity index is 284. The Balaban J connectivity index is 2.28. The monoisotopic (exact) mass is 227 g/mol. The summed E-state index contributed by atoms with van der Waals surface area (Å²) in [7, 11) is 0. The van der Waals surface area contributed by atoms with E-state index in [4.69, 9.17) is 4.74 Å². The van der Waals surface area contributed by atoms with Crippen LogP contribution in [-0.2, 0) is 19.1 Å². The third-order valence-electron chi connectivity index (χ3n) is 2.73. The Morgan fingerprint density at radius 1 is 1.38 bits per heavy atom. The van der Waals surface area contributed by atoms with Crippen molar-refractivity contribution < 1.29 is 19.1 Å². The molecule has 0 aromatic heterocycles. The molecule has 1 heterocycles. The van der Waals surface area contributed by atoms with Crippen LogP contribution in [0.5, 0.6) is 0 Å². The summed E-state index contributed by atoms with van der Waals surface area (Å²) in [6.45, 7) is 3.97. The molecule has 1 aliphatic heterocycles. The Morgan fingerprint density at radius 2 is 1.94 bits per heavy atom. The van der Waals surface area contributed by atoms with E-state index in [1.165, 1.54) is 0 Å². The summed E-state index contributed by atoms with van der Waals surface area (Å²) in [4.78, 5) is 34.9. The fourth-order valence-electron chi connectivity index (χ4n) is 1.42. The molecule has 0 radical (unpaired) electrons. The van der Waals surface area contributed by atoms with Crippen molar-refractivity contribution >= 4 is 17.8 Å². The topological polar surface area (TPSA) is 63.7 Å². The van der Waals surface area contributed by atoms with Crippen molar-refractivity contribution in [2.45, 2.75) is 33.1 Å². The van der Waals surface area contributed by atoms with Crippen molar-refractivity contribution in [2.24, 2.45) is 5.92 Å². The predicted octanol–water partition coefficient (Wildman–Crippen LogP) is 0.725. The predicted molar refractivity (Wildman–Crippen MR) is 56.4 cm³/mol. The van der Waals surface area contributed by atoms with Crippen LogP contribution in [-0.4, -0.2) is 35.8 Å². The zero-order chi connectivity index (χ0) is 12.1. The van der Waals surface area contributed by atoms with E-state index in [-0.39, 0.29) is 49.7 Å². The quantitative estimate of drug-likeness (QED) is 0.513. The first kappa shape index (κ1) is 12.7. The van der Waals surface area contributed by atoms with Crippen molar-refractivity contribution in [3.8, 4) is 0 Å². The van der Waals surface area contributed by atoms with Gasteiger partial charge in [-0.25, -0.2) is 0 Å². The fraction of sp³-hybridized carbons (Fsp3) is 0.727. The maximum atomic E-state index is 11.3. The Morgan fingerprint density at radius 3 is 2.44 bits per heavy atom. The first-order valence-electron chi connectivity index (χ1n) is 5.56. The van der Waals surface area contributed by atoms with Gasteiger partial charge in [0.05, 0.1) is 12.5 Å². The summed E-state index contributed by atoms with van der Waals surface area (Å²) in [5, 5.41) is 0. The van der Waals surface area contributed by atoms with Crippen LogP contribution in [0.1, 0.15) is 33.1 Å². The highest BCUT2D eigenvalue weighted by Crippen LogP contribution is 2.11. The van der Waals surface area contributed by atoms with E-state index in [2.05, 4.69) is 0 Å². The van der Waals surface area contributed by atoms with Crippen LogP contribution < -0.4 is 0 Å². The van der Waals surface area contributed by atoms with Crippen molar-refractivity contribution in [2.75, 3.05) is 13.2 Å². The van der Waals surface area contributed by atoms with Crippen LogP contribution in [0.3, 0.4) is 0 Å². The standard InChI is InChI=1S/C11H17NO4/c1-3-8(2)11(15)16-7-6-12-9(13)4-5-10(12)14/h8H,3-7H2,1-2H3. The van der Waals surface area contributed by atoms with E-state index < -0.39 is 0 Å². The molecule has 1 rings (SSSR count). The summed E-state index contributed by atoms with van der Waals surface area (Å²) in [6.07, 6.45) is 1.27. The first-order valence-corrected chi connectivity index (χ1v) is 5.56. The van der Waals surface area contributed by atoms with Crippen LogP contribution in [0.15, 0.2) is 0 Å². The van der Waals surface area contributed by atoms with Gasteiger partial charge in [0.15, 0.2) is 0 Å². The molecule has 0 bridgehead atoms. The van der Waals surface area contributed by atoms with E-state index in [9.17, 15) is 14.4 Å². The van der Waals surface area contributed by atoms with Gasteiger partial charge in [0.1, 0.15) is 6.61 Å². The molecular weight excluding hydrogens is 210 g/mol. The van der Waals surface area contributed by atoms with E-state index in [0.717, 1.165) is 11.3 Å². The zero-order valence-electron chi connectivity index (χ0n) is 9.69. The molecule has 1 aliphatic rings. The van der Waals surface area contributed by atoms with E-state index in [1.54, 1.807) is 6.92 Å². The lowest BCUT2D eigenvalue weighted by Gasteiger charge is -2.14. The minimum atomic E-state index is -0.276. The van der Waals surface area contributed by atoms with Gasteiger partial charge in [-0.3, -0.25) is 19.3 Å². The lowest BCUT2D eigenvalue weighted by Crippen LogP contribution is -2.33. The molecule has 1 saturated heterocycles. The van der Waals surface area contributed by atoms with Gasteiger partial charge in [-0.15, -0.1) is 0 Å². The highest BCUT2D eigenvalue weighted by atomic mass is 16.5. The number of amides is 2. The number of likely N-dealkylation sites (tertiary alicyclic amines) is 1. The molecule has 1 unspecified atom stereocenters. The van der Waals surface area contributed by atoms with Gasteiger partial charge < -0.3 is 4.74 Å². The molecule has 16 heavy (non-hydrogen) atoms. The van der Waals surface area contributed by atoms with Crippen LogP contribution in [0.2, 0.25) is 0 Å². The molecule has 0 spiro atoms. The van der Waals surface area contributed by atoms with Crippen molar-refractivity contribution in [3.05, 3.63) is 0 Å². The summed E-state index contributed by atoms with van der Waals surface area (Å²) in [6, 6.07) is 0. The van der Waals surface area contributed by atoms with E-state index in [1.807, 2.05) is 6.92 Å². The van der Waals surface area contributed by atoms with Gasteiger partial charge in [0.25, 0.3) is 0 Å². The zero-order valence-corrected chi connectivity index (χ0v) is 9.69. The lowest BCUT2D eigenvalue weighted by molar-refractivity contribution is -0.151. The molecule has 1 fully saturated rings. The minimum absolute atomic E-state index is 0.0979. The Labute approximate surface area is 94.7 Å². The molecule has 5 nitrogen and oxygen atoms in total. The Kier molecular flexibility index (Phi) is 4.46. The number of hydrogen-bond acceptors (Lipinski definition) is 4. The van der Waals surface area contributed by atoms with Crippen molar-refractivity contribution in [1.29, 1.82) is 0 Å². The smallest absolute Gasteiger partial charge is 0.308 e. The molecule has 0 N–H and O–H groups in total. The number of ether oxygens (including phenoxy) is 1. The van der Waals surface area contributed by atoms with Crippen molar-refractivity contribution in [1.82, 2.24) is 4.90 Å². The minimum Gasteiger partial charge on any atom is -0.464 e. The maximum absolute atomic E-state index is 11.3. The summed E-state index contributed by atoms with van der Waals surface area (Å²) in [5.74, 6) is -0.763. The highest BCUT2D eigenvalue weighted by molar-refractivity contribution is 6.01. The van der Waals surface area contributed by atoms with E-state index in [0.29, 0.717) is 0 Å². The molecule has 0 saturated carbocycles. The lowest BCUT2D eigenvalue weighted by atomic mass is 10.1. The normalized spacial score (nSPS) is 17.8. The molecule has 0 aromatic carbocycles. The molecule has 1 atom stereocenters. The van der Waals surface area contributed by atoms with Gasteiger partial charge >= 0.3 is 5.97 Å². The number of imide groups is 1. The maximum Gasteiger partial charge on any atom is 0.308 e. The summed E-state index contributed by atoms with van der Waals surface area (Å²) in [5.41, 5.74) is 0. The molecule has 0 aliphatic carbocycles. The van der Waals surface area contributed by atoms with Crippen LogP contribution in [0, 0.1) is 5.92 Å². The molecule has 2 amide bonds. The van der Waals surface area contributed by atoms with Gasteiger partial charge in [-0.1, -0.05) is 13.8 Å². The highest BCUT2D eigenvalue weighted by Gasteiger charge is 2.28. The molecule has 5 heteroatoms. The third-order valence-corrected chi connectivity index (χ3v) is 2.73. The SMILES string of the molecule is CCC(C)C(=O)OCCN1C(=O)CCC1=O. The fourth-order valence-corrected chi connectivity index (χ4v) is 1.42. The number of hydrogen-bond donors (Lipinski definition) is 0. The second-order valence-electron chi connectivity index (χ2n) is 3.92. The van der Waals surface area contributed by atoms with E-state index >= 15 is 0 Å². The van der Waals surface area contributed by atoms with Crippen molar-refractivity contribution in [3.63, 3.8) is 0 Å². The first-order chi connectivity index (χ1) is 7.56. The molecule has 0 aromatic rings. The molecular formula is C11H17NO4. The average Bonchev–Trinajstić information content (AvgIpc) is 2.59. The summed E-state index contributed by atoms with van der Waals surface area (Å²) < 4.78 is 4.97. The average molecular weight is 227 g/mol. The van der Waals surface area contributed by atoms with Crippen LogP contribution in [0.4, 0.5) is 0 Å². The largest absolute Gasteiger partial charge is 0.464 e. The number of carbonyl (C=O) groups excluding carboxylic acids is 3. The third kappa shape index (κ3) is 3.05. The number of nitrogens with zero attached hydrogens (tertiary/aromatic N) is 1. The second kappa shape index (κ2) is 5.63. The van der Waals surface area contributed by atoms with Gasteiger partial charge in [-0.2, -0.15) is 0 Å². The number of esters is 1. The second-order valence-corrected chi connectivity index (χ2v) is 3.92. The van der Waals surface area contributed by atoms with Gasteiger partial charge in [0.2, 0.25) is 11.8 Å². The van der Waals surface area contributed by atoms with Gasteiger partial charge in [0, 0.05) is 12.8 Å². The van der Waals surface area contributed by atoms with Crippen LogP contribution in [0.25, 0.3) is 0 Å². The summed E-state index contributed by atoms with van der Waals surface area (Å²) >= 11 is 0.